The van der Waals surface area contributed by atoms with Crippen molar-refractivity contribution in [2.24, 2.45) is 7.05 Å². The fraction of sp³-hybridized carbons (Fsp3) is 0.143. The van der Waals surface area contributed by atoms with Gasteiger partial charge in [-0.2, -0.15) is 0 Å². The molecular weight excluding hydrogens is 322 g/mol. The van der Waals surface area contributed by atoms with Crippen molar-refractivity contribution in [3.05, 3.63) is 46.0 Å². The summed E-state index contributed by atoms with van der Waals surface area (Å²) in [6.45, 7) is 2.10. The highest BCUT2D eigenvalue weighted by Crippen LogP contribution is 2.35. The zero-order valence-electron chi connectivity index (χ0n) is 10.6. The molecule has 0 fully saturated rings. The first kappa shape index (κ1) is 12.6. The van der Waals surface area contributed by atoms with E-state index in [0.29, 0.717) is 0 Å². The molecule has 3 rings (SSSR count). The molecule has 2 heterocycles. The molecule has 0 N–H and O–H groups in total. The zero-order chi connectivity index (χ0) is 13.4. The van der Waals surface area contributed by atoms with Gasteiger partial charge in [0.1, 0.15) is 0 Å². The maximum absolute atomic E-state index is 4.75. The van der Waals surface area contributed by atoms with E-state index in [9.17, 15) is 0 Å². The Morgan fingerprint density at radius 2 is 2.05 bits per heavy atom. The molecule has 0 bridgehead atoms. The summed E-state index contributed by atoms with van der Waals surface area (Å²) in [4.78, 5) is 10.3. The molecule has 0 aliphatic heterocycles. The number of aromatic nitrogens is 3. The summed E-state index contributed by atoms with van der Waals surface area (Å²) in [5, 5.41) is 0.954. The molecular formula is C14H12BrN3S. The van der Waals surface area contributed by atoms with Crippen LogP contribution >= 0.6 is 27.3 Å². The van der Waals surface area contributed by atoms with Gasteiger partial charge in [-0.3, -0.25) is 0 Å². The minimum Gasteiger partial charge on any atom is -0.332 e. The number of hydrogen-bond acceptors (Lipinski definition) is 3. The molecule has 2 aromatic heterocycles. The van der Waals surface area contributed by atoms with E-state index in [1.54, 1.807) is 17.5 Å². The van der Waals surface area contributed by atoms with Crippen LogP contribution < -0.4 is 0 Å². The van der Waals surface area contributed by atoms with Crippen molar-refractivity contribution in [3.8, 4) is 22.1 Å². The van der Waals surface area contributed by atoms with E-state index in [1.807, 2.05) is 36.0 Å². The van der Waals surface area contributed by atoms with E-state index >= 15 is 0 Å². The monoisotopic (exact) mass is 333 g/mol. The lowest BCUT2D eigenvalue weighted by atomic mass is 10.1. The third-order valence-corrected chi connectivity index (χ3v) is 4.60. The Hall–Kier alpha value is -1.46. The molecule has 0 atom stereocenters. The lowest BCUT2D eigenvalue weighted by Gasteiger charge is -2.01. The van der Waals surface area contributed by atoms with Gasteiger partial charge in [0.2, 0.25) is 0 Å². The normalized spacial score (nSPS) is 10.9. The van der Waals surface area contributed by atoms with Gasteiger partial charge in [0.25, 0.3) is 0 Å². The molecule has 0 saturated heterocycles. The predicted molar refractivity (Wildman–Crippen MR) is 82.2 cm³/mol. The molecule has 0 amide bonds. The third-order valence-electron chi connectivity index (χ3n) is 2.94. The van der Waals surface area contributed by atoms with Crippen LogP contribution in [-0.4, -0.2) is 14.5 Å². The Morgan fingerprint density at radius 1 is 1.26 bits per heavy atom. The van der Waals surface area contributed by atoms with Crippen LogP contribution in [0.2, 0.25) is 0 Å². The highest BCUT2D eigenvalue weighted by Gasteiger charge is 2.15. The summed E-state index contributed by atoms with van der Waals surface area (Å²) < 4.78 is 3.05. The van der Waals surface area contributed by atoms with Crippen molar-refractivity contribution in [1.82, 2.24) is 14.5 Å². The van der Waals surface area contributed by atoms with E-state index in [2.05, 4.69) is 33.9 Å². The van der Waals surface area contributed by atoms with Crippen LogP contribution in [0.3, 0.4) is 0 Å². The fourth-order valence-electron chi connectivity index (χ4n) is 1.97. The van der Waals surface area contributed by atoms with Crippen molar-refractivity contribution in [2.75, 3.05) is 0 Å². The lowest BCUT2D eigenvalue weighted by molar-refractivity contribution is 0.923. The molecule has 19 heavy (non-hydrogen) atoms. The van der Waals surface area contributed by atoms with Crippen molar-refractivity contribution in [3.63, 3.8) is 0 Å². The largest absolute Gasteiger partial charge is 0.332 e. The minimum absolute atomic E-state index is 0.909. The quantitative estimate of drug-likeness (QED) is 0.700. The Bertz CT molecular complexity index is 730. The molecule has 0 saturated carbocycles. The molecule has 0 radical (unpaired) electrons. The van der Waals surface area contributed by atoms with Gasteiger partial charge in [-0.15, -0.1) is 11.3 Å². The Balaban J connectivity index is 2.13. The highest BCUT2D eigenvalue weighted by atomic mass is 79.9. The van der Waals surface area contributed by atoms with Gasteiger partial charge in [-0.05, 0) is 13.0 Å². The van der Waals surface area contributed by atoms with Crippen molar-refractivity contribution in [1.29, 1.82) is 0 Å². The Kier molecular flexibility index (Phi) is 3.24. The number of halogens is 1. The predicted octanol–water partition coefficient (Wildman–Crippen LogP) is 4.28. The van der Waals surface area contributed by atoms with Crippen LogP contribution in [0, 0.1) is 6.92 Å². The topological polar surface area (TPSA) is 30.7 Å². The number of rotatable bonds is 2. The summed E-state index contributed by atoms with van der Waals surface area (Å²) >= 11 is 5.26. The van der Waals surface area contributed by atoms with E-state index in [4.69, 9.17) is 4.98 Å². The molecule has 0 aliphatic carbocycles. The maximum Gasteiger partial charge on any atom is 0.168 e. The van der Waals surface area contributed by atoms with E-state index < -0.39 is 0 Å². The standard InChI is InChI=1S/C14H12BrN3S/c1-9-12(10-5-3-4-6-11(10)15)17-14(19-9)13-16-7-8-18(13)2/h3-8H,1-2H3. The molecule has 3 aromatic rings. The first-order chi connectivity index (χ1) is 9.16. The van der Waals surface area contributed by atoms with Crippen molar-refractivity contribution >= 4 is 27.3 Å². The molecule has 96 valence electrons. The summed E-state index contributed by atoms with van der Waals surface area (Å²) in [6.07, 6.45) is 3.73. The number of thiazole rings is 1. The minimum atomic E-state index is 0.909. The second kappa shape index (κ2) is 4.90. The van der Waals surface area contributed by atoms with Gasteiger partial charge >= 0.3 is 0 Å². The number of imidazole rings is 1. The summed E-state index contributed by atoms with van der Waals surface area (Å²) in [5.74, 6) is 0.909. The highest BCUT2D eigenvalue weighted by molar-refractivity contribution is 9.10. The van der Waals surface area contributed by atoms with Gasteiger partial charge in [-0.25, -0.2) is 9.97 Å². The number of aryl methyl sites for hydroxylation is 2. The van der Waals surface area contributed by atoms with E-state index in [1.165, 1.54) is 4.88 Å². The smallest absolute Gasteiger partial charge is 0.168 e. The SMILES string of the molecule is Cc1sc(-c2nccn2C)nc1-c1ccccc1Br. The van der Waals surface area contributed by atoms with Gasteiger partial charge in [0.15, 0.2) is 10.8 Å². The second-order valence-electron chi connectivity index (χ2n) is 4.27. The van der Waals surface area contributed by atoms with E-state index in [-0.39, 0.29) is 0 Å². The number of hydrogen-bond donors (Lipinski definition) is 0. The first-order valence-electron chi connectivity index (χ1n) is 5.87. The molecule has 0 aliphatic rings. The molecule has 0 unspecified atom stereocenters. The van der Waals surface area contributed by atoms with Crippen LogP contribution in [0.25, 0.3) is 22.1 Å². The van der Waals surface area contributed by atoms with Gasteiger partial charge in [0.05, 0.1) is 5.69 Å². The average molecular weight is 334 g/mol. The second-order valence-corrected chi connectivity index (χ2v) is 6.32. The van der Waals surface area contributed by atoms with E-state index in [0.717, 1.165) is 26.6 Å². The first-order valence-corrected chi connectivity index (χ1v) is 7.48. The Labute approximate surface area is 124 Å². The average Bonchev–Trinajstić information content (AvgIpc) is 2.96. The maximum atomic E-state index is 4.75. The Morgan fingerprint density at radius 3 is 2.74 bits per heavy atom. The third kappa shape index (κ3) is 2.24. The zero-order valence-corrected chi connectivity index (χ0v) is 13.0. The van der Waals surface area contributed by atoms with Crippen LogP contribution in [0.4, 0.5) is 0 Å². The lowest BCUT2D eigenvalue weighted by Crippen LogP contribution is -1.90. The van der Waals surface area contributed by atoms with Crippen LogP contribution in [0.1, 0.15) is 4.88 Å². The summed E-state index contributed by atoms with van der Waals surface area (Å²) in [7, 11) is 1.98. The van der Waals surface area contributed by atoms with Gasteiger partial charge in [-0.1, -0.05) is 34.1 Å². The molecule has 5 heteroatoms. The number of benzene rings is 1. The summed E-state index contributed by atoms with van der Waals surface area (Å²) in [6, 6.07) is 8.15. The van der Waals surface area contributed by atoms with Crippen LogP contribution in [-0.2, 0) is 7.05 Å². The molecule has 1 aromatic carbocycles. The van der Waals surface area contributed by atoms with Gasteiger partial charge < -0.3 is 4.57 Å². The summed E-state index contributed by atoms with van der Waals surface area (Å²) in [5.41, 5.74) is 2.15. The van der Waals surface area contributed by atoms with Crippen molar-refractivity contribution in [2.45, 2.75) is 6.92 Å². The van der Waals surface area contributed by atoms with Crippen LogP contribution in [0.15, 0.2) is 41.1 Å². The van der Waals surface area contributed by atoms with Crippen LogP contribution in [0.5, 0.6) is 0 Å². The number of nitrogens with zero attached hydrogens (tertiary/aromatic N) is 3. The van der Waals surface area contributed by atoms with Gasteiger partial charge in [0, 0.05) is 34.4 Å². The van der Waals surface area contributed by atoms with Crippen molar-refractivity contribution < 1.29 is 0 Å². The molecule has 0 spiro atoms. The molecule has 3 nitrogen and oxygen atoms in total. The fourth-order valence-corrected chi connectivity index (χ4v) is 3.41.